The molecule has 4 N–H and O–H groups in total. The number of hydrogen-bond donors (Lipinski definition) is 4. The molecule has 14 nitrogen and oxygen atoms in total. The van der Waals surface area contributed by atoms with Crippen LogP contribution in [-0.4, -0.2) is 87.1 Å². The Balaban J connectivity index is 1.61. The van der Waals surface area contributed by atoms with E-state index >= 15 is 0 Å². The van der Waals surface area contributed by atoms with Crippen LogP contribution in [0.15, 0.2) is 0 Å². The molecule has 2 bridgehead atoms. The lowest BCUT2D eigenvalue weighted by Gasteiger charge is -2.40. The van der Waals surface area contributed by atoms with Crippen molar-refractivity contribution >= 4 is 34.3 Å². The van der Waals surface area contributed by atoms with Crippen molar-refractivity contribution in [1.82, 2.24) is 25.7 Å². The molecule has 3 aliphatic rings. The number of carboxylic acid groups (broad SMARTS) is 1. The topological polar surface area (TPSA) is 186 Å². The van der Waals surface area contributed by atoms with Gasteiger partial charge in [-0.25, -0.2) is 9.59 Å². The SMILES string of the molecule is CC(C)(C)N(C(=O)O)[C@@H]1CCC[C@H]1C(=O)NNC(=O)[C@@H]1CC[C@@H]2CN1C(=O)N2OS(=O)(=O)O. The number of urea groups is 1. The number of carbonyl (C=O) groups is 4. The van der Waals surface area contributed by atoms with Crippen molar-refractivity contribution in [1.29, 1.82) is 0 Å². The number of hydroxylamine groups is 2. The van der Waals surface area contributed by atoms with Gasteiger partial charge >= 0.3 is 22.5 Å². The van der Waals surface area contributed by atoms with Crippen LogP contribution in [0.3, 0.4) is 0 Å². The van der Waals surface area contributed by atoms with E-state index in [1.165, 1.54) is 4.90 Å². The summed E-state index contributed by atoms with van der Waals surface area (Å²) in [6, 6.07) is -3.05. The Labute approximate surface area is 191 Å². The first-order valence-corrected chi connectivity index (χ1v) is 12.0. The standard InChI is InChI=1S/C18H29N5O9S/c1-18(2,3)22(17(27)28)12-6-4-5-11(12)14(24)19-20-15(25)13-8-7-10-9-21(13)16(26)23(10)32-33(29,30)31/h10-13H,4-9H2,1-3H3,(H,19,24)(H,20,25)(H,27,28)(H,29,30,31)/t10-,11-,12-,13+/m1/s1. The molecule has 0 unspecified atom stereocenters. The normalized spacial score (nSPS) is 27.5. The molecule has 15 heteroatoms. The van der Waals surface area contributed by atoms with Gasteiger partial charge in [0, 0.05) is 18.1 Å². The van der Waals surface area contributed by atoms with Crippen molar-refractivity contribution in [3.63, 3.8) is 0 Å². The third-order valence-electron chi connectivity index (χ3n) is 6.19. The maximum atomic E-state index is 12.8. The molecule has 33 heavy (non-hydrogen) atoms. The molecule has 0 radical (unpaired) electrons. The first-order valence-electron chi connectivity index (χ1n) is 10.6. The monoisotopic (exact) mass is 491 g/mol. The minimum Gasteiger partial charge on any atom is -0.465 e. The highest BCUT2D eigenvalue weighted by Crippen LogP contribution is 2.34. The molecule has 5 amide bonds. The Morgan fingerprint density at radius 2 is 1.73 bits per heavy atom. The quantitative estimate of drug-likeness (QED) is 0.305. The number of hydrogen-bond acceptors (Lipinski definition) is 7. The van der Waals surface area contributed by atoms with Gasteiger partial charge in [-0.05, 0) is 46.5 Å². The maximum Gasteiger partial charge on any atom is 0.418 e. The number of piperidine rings is 1. The second-order valence-corrected chi connectivity index (χ2v) is 10.4. The Morgan fingerprint density at radius 3 is 2.30 bits per heavy atom. The van der Waals surface area contributed by atoms with Gasteiger partial charge in [0.25, 0.3) is 5.91 Å². The van der Waals surface area contributed by atoms with Gasteiger partial charge in [-0.2, -0.15) is 13.5 Å². The van der Waals surface area contributed by atoms with Crippen molar-refractivity contribution in [3.8, 4) is 0 Å². The largest absolute Gasteiger partial charge is 0.465 e. The maximum absolute atomic E-state index is 12.8. The zero-order valence-corrected chi connectivity index (χ0v) is 19.4. The fourth-order valence-electron chi connectivity index (χ4n) is 4.88. The van der Waals surface area contributed by atoms with Crippen LogP contribution < -0.4 is 10.9 Å². The summed E-state index contributed by atoms with van der Waals surface area (Å²) in [5, 5.41) is 10.2. The smallest absolute Gasteiger partial charge is 0.418 e. The van der Waals surface area contributed by atoms with E-state index in [4.69, 9.17) is 4.55 Å². The van der Waals surface area contributed by atoms with Crippen molar-refractivity contribution in [2.45, 2.75) is 76.5 Å². The molecule has 3 fully saturated rings. The van der Waals surface area contributed by atoms with Gasteiger partial charge in [-0.1, -0.05) is 6.42 Å². The molecule has 2 saturated heterocycles. The van der Waals surface area contributed by atoms with E-state index in [1.54, 1.807) is 20.8 Å². The predicted octanol–water partition coefficient (Wildman–Crippen LogP) is 0.0840. The third kappa shape index (κ3) is 5.30. The zero-order chi connectivity index (χ0) is 24.7. The van der Waals surface area contributed by atoms with E-state index in [0.29, 0.717) is 24.3 Å². The lowest BCUT2D eigenvalue weighted by molar-refractivity contribution is -0.134. The second-order valence-electron chi connectivity index (χ2n) is 9.42. The highest BCUT2D eigenvalue weighted by Gasteiger charge is 2.49. The Hall–Kier alpha value is -2.65. The zero-order valence-electron chi connectivity index (χ0n) is 18.6. The second kappa shape index (κ2) is 8.95. The van der Waals surface area contributed by atoms with Crippen molar-refractivity contribution < 1.29 is 41.5 Å². The van der Waals surface area contributed by atoms with Crippen molar-refractivity contribution in [3.05, 3.63) is 0 Å². The molecule has 186 valence electrons. The van der Waals surface area contributed by atoms with Gasteiger partial charge in [0.05, 0.1) is 12.0 Å². The average Bonchev–Trinajstić information content (AvgIpc) is 3.23. The summed E-state index contributed by atoms with van der Waals surface area (Å²) in [5.41, 5.74) is 3.93. The molecule has 4 atom stereocenters. The van der Waals surface area contributed by atoms with Crippen LogP contribution in [0.2, 0.25) is 0 Å². The molecule has 0 aromatic carbocycles. The highest BCUT2D eigenvalue weighted by molar-refractivity contribution is 7.80. The first kappa shape index (κ1) is 25.0. The summed E-state index contributed by atoms with van der Waals surface area (Å²) < 4.78 is 35.1. The summed E-state index contributed by atoms with van der Waals surface area (Å²) in [6.45, 7) is 5.25. The minimum atomic E-state index is -4.90. The molecule has 0 spiro atoms. The van der Waals surface area contributed by atoms with Gasteiger partial charge in [0.1, 0.15) is 6.04 Å². The van der Waals surface area contributed by atoms with Crippen LogP contribution >= 0.6 is 0 Å². The lowest BCUT2D eigenvalue weighted by atomic mass is 9.96. The third-order valence-corrected chi connectivity index (χ3v) is 6.53. The molecule has 3 rings (SSSR count). The summed E-state index contributed by atoms with van der Waals surface area (Å²) in [4.78, 5) is 52.1. The highest BCUT2D eigenvalue weighted by atomic mass is 32.3. The van der Waals surface area contributed by atoms with Gasteiger partial charge < -0.3 is 10.0 Å². The molecule has 0 aromatic rings. The number of carbonyl (C=O) groups excluding carboxylic acids is 3. The minimum absolute atomic E-state index is 0.0181. The first-order chi connectivity index (χ1) is 15.2. The van der Waals surface area contributed by atoms with Crippen LogP contribution in [0.5, 0.6) is 0 Å². The summed E-state index contributed by atoms with van der Waals surface area (Å²) in [5.74, 6) is -1.85. The van der Waals surface area contributed by atoms with Crippen LogP contribution in [0.25, 0.3) is 0 Å². The van der Waals surface area contributed by atoms with E-state index in [9.17, 15) is 32.7 Å². The molecule has 1 aliphatic carbocycles. The van der Waals surface area contributed by atoms with Crippen molar-refractivity contribution in [2.75, 3.05) is 6.54 Å². The Kier molecular flexibility index (Phi) is 6.77. The number of hydrazine groups is 1. The summed E-state index contributed by atoms with van der Waals surface area (Å²) in [6.07, 6.45) is 0.944. The van der Waals surface area contributed by atoms with E-state index < -0.39 is 63.9 Å². The van der Waals surface area contributed by atoms with E-state index in [0.717, 1.165) is 4.90 Å². The van der Waals surface area contributed by atoms with E-state index in [-0.39, 0.29) is 19.4 Å². The van der Waals surface area contributed by atoms with Crippen LogP contribution in [0, 0.1) is 5.92 Å². The van der Waals surface area contributed by atoms with Crippen LogP contribution in [-0.2, 0) is 24.3 Å². The number of rotatable bonds is 5. The molecule has 1 saturated carbocycles. The van der Waals surface area contributed by atoms with Crippen molar-refractivity contribution in [2.24, 2.45) is 5.92 Å². The Morgan fingerprint density at radius 1 is 1.09 bits per heavy atom. The Bertz CT molecular complexity index is 934. The summed E-state index contributed by atoms with van der Waals surface area (Å²) >= 11 is 0. The predicted molar refractivity (Wildman–Crippen MR) is 110 cm³/mol. The van der Waals surface area contributed by atoms with Gasteiger partial charge in [0.15, 0.2) is 0 Å². The fourth-order valence-corrected chi connectivity index (χ4v) is 5.27. The molecular formula is C18H29N5O9S. The molecule has 2 heterocycles. The molecule has 0 aromatic heterocycles. The van der Waals surface area contributed by atoms with Crippen LogP contribution in [0.4, 0.5) is 9.59 Å². The van der Waals surface area contributed by atoms with E-state index in [1.807, 2.05) is 0 Å². The van der Waals surface area contributed by atoms with Gasteiger partial charge in [-0.3, -0.25) is 29.9 Å². The van der Waals surface area contributed by atoms with Crippen LogP contribution in [0.1, 0.15) is 52.9 Å². The lowest BCUT2D eigenvalue weighted by Crippen LogP contribution is -2.58. The number of nitrogens with one attached hydrogen (secondary N) is 2. The molecular weight excluding hydrogens is 462 g/mol. The molecule has 2 aliphatic heterocycles. The number of nitrogens with zero attached hydrogens (tertiary/aromatic N) is 3. The van der Waals surface area contributed by atoms with Gasteiger partial charge in [-0.15, -0.1) is 4.28 Å². The number of amides is 5. The average molecular weight is 492 g/mol. The van der Waals surface area contributed by atoms with Gasteiger partial charge in [0.2, 0.25) is 5.91 Å². The summed E-state index contributed by atoms with van der Waals surface area (Å²) in [7, 11) is -4.90. The number of fused-ring (bicyclic) bond motifs is 2. The van der Waals surface area contributed by atoms with E-state index in [2.05, 4.69) is 15.1 Å². The fraction of sp³-hybridized carbons (Fsp3) is 0.778.